The molecular formula is C12H26NO3+. The van der Waals surface area contributed by atoms with Crippen LogP contribution < -0.4 is 5.73 Å². The zero-order valence-corrected chi connectivity index (χ0v) is 11.6. The highest BCUT2D eigenvalue weighted by Gasteiger charge is 2.32. The Morgan fingerprint density at radius 3 is 1.81 bits per heavy atom. The Morgan fingerprint density at radius 1 is 1.06 bits per heavy atom. The molecule has 0 aliphatic rings. The van der Waals surface area contributed by atoms with Crippen LogP contribution in [0.2, 0.25) is 0 Å². The lowest BCUT2D eigenvalue weighted by Gasteiger charge is -2.28. The molecule has 0 aromatic rings. The van der Waals surface area contributed by atoms with E-state index in [1.807, 2.05) is 48.5 Å². The van der Waals surface area contributed by atoms with Crippen molar-refractivity contribution in [2.45, 2.75) is 71.8 Å². The van der Waals surface area contributed by atoms with Crippen LogP contribution in [0.5, 0.6) is 0 Å². The molecule has 0 spiro atoms. The van der Waals surface area contributed by atoms with Crippen molar-refractivity contribution in [3.63, 3.8) is 0 Å². The van der Waals surface area contributed by atoms with Gasteiger partial charge >= 0.3 is 5.97 Å². The normalized spacial score (nSPS) is 16.8. The fourth-order valence-electron chi connectivity index (χ4n) is 1.21. The predicted molar refractivity (Wildman–Crippen MR) is 62.8 cm³/mol. The first-order chi connectivity index (χ1) is 6.92. The van der Waals surface area contributed by atoms with Gasteiger partial charge in [0.2, 0.25) is 6.04 Å². The summed E-state index contributed by atoms with van der Waals surface area (Å²) >= 11 is 0. The summed E-state index contributed by atoms with van der Waals surface area (Å²) in [7, 11) is 0. The van der Waals surface area contributed by atoms with Gasteiger partial charge in [-0.3, -0.25) is 0 Å². The maximum Gasteiger partial charge on any atom is 0.368 e. The smallest absolute Gasteiger partial charge is 0.368 e. The molecule has 4 nitrogen and oxygen atoms in total. The SMILES string of the molecule is C[C@@H](OC(C)(C)C)[C@H]([NH3+])C(=O)OC(C)(C)C. The molecule has 16 heavy (non-hydrogen) atoms. The first-order valence-electron chi connectivity index (χ1n) is 5.66. The quantitative estimate of drug-likeness (QED) is 0.742. The van der Waals surface area contributed by atoms with Crippen molar-refractivity contribution in [1.29, 1.82) is 0 Å². The minimum Gasteiger partial charge on any atom is -0.456 e. The van der Waals surface area contributed by atoms with E-state index in [0.29, 0.717) is 0 Å². The molecule has 0 unspecified atom stereocenters. The van der Waals surface area contributed by atoms with Gasteiger partial charge < -0.3 is 15.2 Å². The lowest BCUT2D eigenvalue weighted by atomic mass is 10.1. The lowest BCUT2D eigenvalue weighted by molar-refractivity contribution is -0.430. The molecule has 2 atom stereocenters. The number of esters is 1. The van der Waals surface area contributed by atoms with Crippen molar-refractivity contribution in [2.75, 3.05) is 0 Å². The second kappa shape index (κ2) is 5.15. The van der Waals surface area contributed by atoms with Gasteiger partial charge in [-0.05, 0) is 48.5 Å². The van der Waals surface area contributed by atoms with Crippen LogP contribution in [0.1, 0.15) is 48.5 Å². The Morgan fingerprint density at radius 2 is 1.50 bits per heavy atom. The van der Waals surface area contributed by atoms with E-state index < -0.39 is 11.6 Å². The molecule has 0 heterocycles. The van der Waals surface area contributed by atoms with E-state index in [0.717, 1.165) is 0 Å². The molecular weight excluding hydrogens is 206 g/mol. The molecule has 0 saturated heterocycles. The molecule has 4 heteroatoms. The highest BCUT2D eigenvalue weighted by atomic mass is 16.6. The molecule has 0 amide bonds. The van der Waals surface area contributed by atoms with Gasteiger partial charge in [-0.2, -0.15) is 0 Å². The van der Waals surface area contributed by atoms with E-state index >= 15 is 0 Å². The highest BCUT2D eigenvalue weighted by Crippen LogP contribution is 2.14. The number of hydrogen-bond donors (Lipinski definition) is 1. The zero-order valence-electron chi connectivity index (χ0n) is 11.6. The highest BCUT2D eigenvalue weighted by molar-refractivity contribution is 5.75. The van der Waals surface area contributed by atoms with Crippen LogP contribution in [-0.2, 0) is 14.3 Å². The van der Waals surface area contributed by atoms with E-state index in [4.69, 9.17) is 9.47 Å². The minimum absolute atomic E-state index is 0.255. The molecule has 0 radical (unpaired) electrons. The molecule has 96 valence electrons. The van der Waals surface area contributed by atoms with E-state index in [2.05, 4.69) is 5.73 Å². The van der Waals surface area contributed by atoms with Crippen molar-refractivity contribution in [3.05, 3.63) is 0 Å². The van der Waals surface area contributed by atoms with Crippen LogP contribution in [0.4, 0.5) is 0 Å². The Kier molecular flexibility index (Phi) is 4.95. The third kappa shape index (κ3) is 6.80. The molecule has 0 rings (SSSR count). The summed E-state index contributed by atoms with van der Waals surface area (Å²) in [4.78, 5) is 11.7. The Bertz CT molecular complexity index is 238. The average molecular weight is 232 g/mol. The number of carbonyl (C=O) groups is 1. The largest absolute Gasteiger partial charge is 0.456 e. The fraction of sp³-hybridized carbons (Fsp3) is 0.917. The van der Waals surface area contributed by atoms with Gasteiger partial charge in [0, 0.05) is 0 Å². The number of hydrogen-bond acceptors (Lipinski definition) is 3. The van der Waals surface area contributed by atoms with E-state index in [1.165, 1.54) is 0 Å². The molecule has 0 aromatic carbocycles. The van der Waals surface area contributed by atoms with E-state index in [-0.39, 0.29) is 17.7 Å². The first-order valence-corrected chi connectivity index (χ1v) is 5.66. The monoisotopic (exact) mass is 232 g/mol. The molecule has 3 N–H and O–H groups in total. The van der Waals surface area contributed by atoms with Gasteiger partial charge in [-0.1, -0.05) is 0 Å². The Balaban J connectivity index is 4.34. The summed E-state index contributed by atoms with van der Waals surface area (Å²) in [6, 6.07) is -0.501. The van der Waals surface area contributed by atoms with E-state index in [1.54, 1.807) is 0 Å². The molecule has 0 fully saturated rings. The maximum atomic E-state index is 11.7. The summed E-state index contributed by atoms with van der Waals surface area (Å²) in [5.41, 5.74) is 3.05. The van der Waals surface area contributed by atoms with Crippen molar-refractivity contribution in [1.82, 2.24) is 0 Å². The van der Waals surface area contributed by atoms with Gasteiger partial charge in [0.25, 0.3) is 0 Å². The third-order valence-electron chi connectivity index (χ3n) is 1.82. The molecule has 0 bridgehead atoms. The van der Waals surface area contributed by atoms with Crippen molar-refractivity contribution < 1.29 is 20.0 Å². The number of carbonyl (C=O) groups excluding carboxylic acids is 1. The second-order valence-electron chi connectivity index (χ2n) is 6.08. The van der Waals surface area contributed by atoms with Gasteiger partial charge in [0.1, 0.15) is 11.7 Å². The summed E-state index contributed by atoms with van der Waals surface area (Å²) in [6.07, 6.45) is -0.255. The lowest BCUT2D eigenvalue weighted by Crippen LogP contribution is -2.71. The van der Waals surface area contributed by atoms with E-state index in [9.17, 15) is 4.79 Å². The third-order valence-corrected chi connectivity index (χ3v) is 1.82. The zero-order chi connectivity index (χ0) is 13.1. The van der Waals surface area contributed by atoms with Crippen LogP contribution in [0.15, 0.2) is 0 Å². The molecule has 0 aliphatic heterocycles. The first kappa shape index (κ1) is 15.4. The number of rotatable bonds is 3. The summed E-state index contributed by atoms with van der Waals surface area (Å²) in [5, 5.41) is 0. The van der Waals surface area contributed by atoms with Crippen molar-refractivity contribution in [2.24, 2.45) is 0 Å². The Hall–Kier alpha value is -0.610. The topological polar surface area (TPSA) is 63.2 Å². The van der Waals surface area contributed by atoms with Gasteiger partial charge in [-0.25, -0.2) is 4.79 Å². The van der Waals surface area contributed by atoms with Gasteiger partial charge in [0.15, 0.2) is 0 Å². The summed E-state index contributed by atoms with van der Waals surface area (Å²) < 4.78 is 10.9. The van der Waals surface area contributed by atoms with Gasteiger partial charge in [0.05, 0.1) is 5.60 Å². The standard InChI is InChI=1S/C12H25NO3/c1-8(15-11(2,3)4)9(13)10(14)16-12(5,6)7/h8-9H,13H2,1-7H3/p+1/t8-,9+/m1/s1. The predicted octanol–water partition coefficient (Wildman–Crippen LogP) is 1.14. The van der Waals surface area contributed by atoms with Crippen LogP contribution in [0.3, 0.4) is 0 Å². The van der Waals surface area contributed by atoms with Crippen LogP contribution in [0, 0.1) is 0 Å². The number of ether oxygens (including phenoxy) is 2. The molecule has 0 aromatic heterocycles. The summed E-state index contributed by atoms with van der Waals surface area (Å²) in [5.74, 6) is -0.316. The Labute approximate surface area is 98.5 Å². The molecule has 0 aliphatic carbocycles. The molecule has 0 saturated carbocycles. The van der Waals surface area contributed by atoms with Gasteiger partial charge in [-0.15, -0.1) is 0 Å². The number of quaternary nitrogens is 1. The average Bonchev–Trinajstić information content (AvgIpc) is 1.96. The van der Waals surface area contributed by atoms with Crippen molar-refractivity contribution in [3.8, 4) is 0 Å². The summed E-state index contributed by atoms with van der Waals surface area (Å²) in [6.45, 7) is 13.2. The second-order valence-corrected chi connectivity index (χ2v) is 6.08. The minimum atomic E-state index is -0.501. The van der Waals surface area contributed by atoms with Crippen LogP contribution in [-0.4, -0.2) is 29.3 Å². The van der Waals surface area contributed by atoms with Crippen LogP contribution in [0.25, 0.3) is 0 Å². The maximum absolute atomic E-state index is 11.7. The van der Waals surface area contributed by atoms with Crippen LogP contribution >= 0.6 is 0 Å². The van der Waals surface area contributed by atoms with Crippen molar-refractivity contribution >= 4 is 5.97 Å². The fourth-order valence-corrected chi connectivity index (χ4v) is 1.21.